The van der Waals surface area contributed by atoms with Crippen molar-refractivity contribution in [2.45, 2.75) is 91.0 Å². The number of carbonyl (C=O) groups is 4. The van der Waals surface area contributed by atoms with Gasteiger partial charge < -0.3 is 33.5 Å². The lowest BCUT2D eigenvalue weighted by atomic mass is 9.97. The molecule has 13 nitrogen and oxygen atoms in total. The smallest absolute Gasteiger partial charge is 0.303 e. The summed E-state index contributed by atoms with van der Waals surface area (Å²) in [5.74, 6) is -2.63. The van der Waals surface area contributed by atoms with Gasteiger partial charge in [0, 0.05) is 52.0 Å². The molecule has 1 aromatic carbocycles. The summed E-state index contributed by atoms with van der Waals surface area (Å²) in [6.45, 7) is 8.30. The van der Waals surface area contributed by atoms with Gasteiger partial charge in [-0.1, -0.05) is 38.1 Å². The molecule has 0 bridgehead atoms. The Balaban J connectivity index is 2.02. The highest BCUT2D eigenvalue weighted by atomic mass is 16.7. The van der Waals surface area contributed by atoms with Crippen LogP contribution in [0, 0.1) is 0 Å². The molecule has 0 spiro atoms. The van der Waals surface area contributed by atoms with Crippen molar-refractivity contribution < 1.29 is 52.7 Å². The summed E-state index contributed by atoms with van der Waals surface area (Å²) in [5, 5.41) is 16.6. The van der Waals surface area contributed by atoms with Crippen molar-refractivity contribution in [3.05, 3.63) is 46.6 Å². The van der Waals surface area contributed by atoms with E-state index in [9.17, 15) is 24.3 Å². The van der Waals surface area contributed by atoms with Crippen LogP contribution < -0.4 is 4.74 Å². The fraction of sp³-hybridized carbons (Fsp3) is 0.552. The van der Waals surface area contributed by atoms with Gasteiger partial charge in [-0.2, -0.15) is 0 Å². The second-order valence-electron chi connectivity index (χ2n) is 10.2. The van der Waals surface area contributed by atoms with Crippen LogP contribution in [-0.4, -0.2) is 83.1 Å². The van der Waals surface area contributed by atoms with E-state index in [1.807, 2.05) is 38.1 Å². The van der Waals surface area contributed by atoms with Gasteiger partial charge in [-0.05, 0) is 23.5 Å². The lowest BCUT2D eigenvalue weighted by Gasteiger charge is -2.43. The summed E-state index contributed by atoms with van der Waals surface area (Å²) in [6, 6.07) is 7.75. The van der Waals surface area contributed by atoms with Gasteiger partial charge in [-0.3, -0.25) is 24.3 Å². The number of aliphatic hydroxyl groups is 1. The van der Waals surface area contributed by atoms with Crippen LogP contribution in [0.2, 0.25) is 0 Å². The minimum Gasteiger partial charge on any atom is -0.463 e. The molecule has 1 aromatic heterocycles. The second-order valence-corrected chi connectivity index (χ2v) is 10.2. The number of aromatic nitrogens is 2. The van der Waals surface area contributed by atoms with Gasteiger partial charge in [0.15, 0.2) is 12.2 Å². The number of aliphatic hydroxyl groups excluding tert-OH is 1. The third kappa shape index (κ3) is 8.76. The average Bonchev–Trinajstić information content (AvgIpc) is 3.29. The van der Waals surface area contributed by atoms with Gasteiger partial charge in [0.05, 0.1) is 0 Å². The van der Waals surface area contributed by atoms with Crippen molar-refractivity contribution in [3.63, 3.8) is 0 Å². The molecule has 5 atom stereocenters. The molecule has 2 aromatic rings. The largest absolute Gasteiger partial charge is 0.463 e. The zero-order valence-electron chi connectivity index (χ0n) is 24.6. The first-order valence-electron chi connectivity index (χ1n) is 13.6. The van der Waals surface area contributed by atoms with Crippen LogP contribution in [0.5, 0.6) is 5.88 Å². The lowest BCUT2D eigenvalue weighted by molar-refractivity contribution is -0.289. The van der Waals surface area contributed by atoms with E-state index in [4.69, 9.17) is 28.4 Å². The van der Waals surface area contributed by atoms with E-state index in [2.05, 4.69) is 10.2 Å². The Morgan fingerprint density at radius 3 is 2.00 bits per heavy atom. The van der Waals surface area contributed by atoms with Gasteiger partial charge in [0.25, 0.3) is 0 Å². The van der Waals surface area contributed by atoms with E-state index in [0.29, 0.717) is 18.4 Å². The van der Waals surface area contributed by atoms with Crippen molar-refractivity contribution >= 4 is 23.9 Å². The van der Waals surface area contributed by atoms with Crippen LogP contribution in [0.3, 0.4) is 0 Å². The number of benzene rings is 1. The number of H-pyrrole nitrogens is 1. The Morgan fingerprint density at radius 1 is 0.881 bits per heavy atom. The van der Waals surface area contributed by atoms with Crippen LogP contribution in [-0.2, 0) is 55.7 Å². The normalized spacial score (nSPS) is 21.9. The van der Waals surface area contributed by atoms with Gasteiger partial charge in [-0.15, -0.1) is 5.10 Å². The predicted octanol–water partition coefficient (Wildman–Crippen LogP) is 2.12. The number of rotatable bonds is 12. The van der Waals surface area contributed by atoms with Crippen LogP contribution >= 0.6 is 0 Å². The topological polar surface area (TPSA) is 173 Å². The minimum atomic E-state index is -1.40. The minimum absolute atomic E-state index is 0.0360. The first-order valence-corrected chi connectivity index (χ1v) is 13.6. The van der Waals surface area contributed by atoms with E-state index in [0.717, 1.165) is 37.6 Å². The monoisotopic (exact) mass is 590 g/mol. The van der Waals surface area contributed by atoms with E-state index in [1.165, 1.54) is 6.92 Å². The number of nitrogens with zero attached hydrogens (tertiary/aromatic N) is 1. The summed E-state index contributed by atoms with van der Waals surface area (Å²) >= 11 is 0. The third-order valence-corrected chi connectivity index (χ3v) is 6.42. The van der Waals surface area contributed by atoms with Gasteiger partial charge in [-0.25, -0.2) is 0 Å². The maximum absolute atomic E-state index is 12.2. The molecule has 3 rings (SSSR count). The molecular formula is C29H38N2O11. The zero-order chi connectivity index (χ0) is 31.0. The predicted molar refractivity (Wildman–Crippen MR) is 145 cm³/mol. The first-order chi connectivity index (χ1) is 19.9. The number of hydrogen-bond acceptors (Lipinski definition) is 12. The first kappa shape index (κ1) is 32.5. The zero-order valence-corrected chi connectivity index (χ0v) is 24.6. The van der Waals surface area contributed by atoms with E-state index < -0.39 is 54.6 Å². The van der Waals surface area contributed by atoms with Crippen molar-refractivity contribution in [1.29, 1.82) is 0 Å². The second kappa shape index (κ2) is 14.8. The molecule has 42 heavy (non-hydrogen) atoms. The Hall–Kier alpha value is -3.97. The molecule has 0 amide bonds. The molecule has 1 fully saturated rings. The molecule has 2 N–H and O–H groups in total. The van der Waals surface area contributed by atoms with Crippen molar-refractivity contribution in [1.82, 2.24) is 10.2 Å². The maximum atomic E-state index is 12.2. The Kier molecular flexibility index (Phi) is 11.5. The van der Waals surface area contributed by atoms with Crippen LogP contribution in [0.25, 0.3) is 0 Å². The molecule has 1 saturated heterocycles. The van der Waals surface area contributed by atoms with Gasteiger partial charge >= 0.3 is 23.9 Å². The summed E-state index contributed by atoms with van der Waals surface area (Å²) in [5.41, 5.74) is 3.46. The lowest BCUT2D eigenvalue weighted by Crippen LogP contribution is -2.63. The molecule has 0 saturated carbocycles. The number of hydrogen-bond donors (Lipinski definition) is 2. The number of aromatic amines is 1. The van der Waals surface area contributed by atoms with E-state index in [1.54, 1.807) is 0 Å². The fourth-order valence-corrected chi connectivity index (χ4v) is 4.66. The quantitative estimate of drug-likeness (QED) is 0.273. The molecule has 0 unspecified atom stereocenters. The molecule has 13 heteroatoms. The highest BCUT2D eigenvalue weighted by Crippen LogP contribution is 2.34. The molecule has 0 aliphatic carbocycles. The number of carbonyl (C=O) groups excluding carboxylic acids is 4. The molecule has 1 aliphatic heterocycles. The fourth-order valence-electron chi connectivity index (χ4n) is 4.66. The summed E-state index contributed by atoms with van der Waals surface area (Å²) in [4.78, 5) is 47.8. The Morgan fingerprint density at radius 2 is 1.45 bits per heavy atom. The number of nitrogens with one attached hydrogen (secondary N) is 1. The SMILES string of the molecule is CC(=O)OC[C@H]1O[C@@H](Oc2n[nH]c(C(C)C)c2Cc2ccc(CCO)cc2)[C@H](OC(C)=O)[C@@H](OC(C)=O)[C@@H]1OC(C)=O. The standard InChI is InChI=1S/C29H38N2O11/c1-15(2)24-22(13-21-9-7-20(8-10-21)11-12-32)28(31-30-24)42-29-27(40-19(6)36)26(39-18(5)35)25(38-17(4)34)23(41-29)14-37-16(3)33/h7-10,15,23,25-27,29,32H,11-14H2,1-6H3,(H,30,31)/t23-,25-,26+,27-,29+/m1/s1. The van der Waals surface area contributed by atoms with Crippen LogP contribution in [0.4, 0.5) is 0 Å². The molecule has 2 heterocycles. The maximum Gasteiger partial charge on any atom is 0.303 e. The van der Waals surface area contributed by atoms with Crippen LogP contribution in [0.1, 0.15) is 69.8 Å². The molecule has 1 aliphatic rings. The van der Waals surface area contributed by atoms with Crippen molar-refractivity contribution in [3.8, 4) is 5.88 Å². The molecule has 0 radical (unpaired) electrons. The van der Waals surface area contributed by atoms with Crippen molar-refractivity contribution in [2.75, 3.05) is 13.2 Å². The summed E-state index contributed by atoms with van der Waals surface area (Å²) in [7, 11) is 0. The average molecular weight is 591 g/mol. The highest BCUT2D eigenvalue weighted by Gasteiger charge is 2.53. The van der Waals surface area contributed by atoms with Crippen LogP contribution in [0.15, 0.2) is 24.3 Å². The highest BCUT2D eigenvalue weighted by molar-refractivity contribution is 5.68. The Bertz CT molecular complexity index is 1240. The summed E-state index contributed by atoms with van der Waals surface area (Å²) in [6.07, 6.45) is -5.62. The third-order valence-electron chi connectivity index (χ3n) is 6.42. The van der Waals surface area contributed by atoms with Gasteiger partial charge in [0.1, 0.15) is 12.7 Å². The van der Waals surface area contributed by atoms with E-state index in [-0.39, 0.29) is 25.0 Å². The Labute approximate surface area is 243 Å². The summed E-state index contributed by atoms with van der Waals surface area (Å²) < 4.78 is 33.8. The van der Waals surface area contributed by atoms with Gasteiger partial charge in [0.2, 0.25) is 18.3 Å². The molecule has 230 valence electrons. The van der Waals surface area contributed by atoms with Crippen molar-refractivity contribution in [2.24, 2.45) is 0 Å². The molecular weight excluding hydrogens is 552 g/mol. The van der Waals surface area contributed by atoms with E-state index >= 15 is 0 Å². The number of ether oxygens (including phenoxy) is 6. The number of esters is 4.